The predicted molar refractivity (Wildman–Crippen MR) is 64.6 cm³/mol. The zero-order chi connectivity index (χ0) is 11.1. The number of hydrogen-bond acceptors (Lipinski definition) is 2. The summed E-state index contributed by atoms with van der Waals surface area (Å²) in [7, 11) is 0. The molecule has 1 saturated heterocycles. The third-order valence-electron chi connectivity index (χ3n) is 3.92. The molecule has 1 saturated carbocycles. The van der Waals surface area contributed by atoms with Gasteiger partial charge in [0, 0.05) is 18.8 Å². The first-order valence-corrected chi connectivity index (χ1v) is 6.10. The van der Waals surface area contributed by atoms with Crippen molar-refractivity contribution in [2.45, 2.75) is 12.8 Å². The summed E-state index contributed by atoms with van der Waals surface area (Å²) >= 11 is 6.05. The second-order valence-corrected chi connectivity index (χ2v) is 5.19. The Bertz CT molecular complexity index is 451. The Morgan fingerprint density at radius 2 is 1.94 bits per heavy atom. The van der Waals surface area contributed by atoms with Crippen molar-refractivity contribution in [2.24, 2.45) is 11.8 Å². The SMILES string of the molecule is N#Cc1ccc(N2C[C@H]3CC[C@H]3C2)cc1Cl. The summed E-state index contributed by atoms with van der Waals surface area (Å²) in [5, 5.41) is 9.39. The minimum absolute atomic E-state index is 0.563. The van der Waals surface area contributed by atoms with Crippen LogP contribution in [0, 0.1) is 23.2 Å². The number of rotatable bonds is 1. The lowest BCUT2D eigenvalue weighted by Crippen LogP contribution is -2.22. The monoisotopic (exact) mass is 232 g/mol. The van der Waals surface area contributed by atoms with Gasteiger partial charge in [-0.25, -0.2) is 0 Å². The minimum atomic E-state index is 0.563. The molecule has 16 heavy (non-hydrogen) atoms. The van der Waals surface area contributed by atoms with Crippen LogP contribution < -0.4 is 4.90 Å². The lowest BCUT2D eigenvalue weighted by Gasteiger charge is -2.27. The van der Waals surface area contributed by atoms with Crippen molar-refractivity contribution < 1.29 is 0 Å². The normalized spacial score (nSPS) is 27.1. The van der Waals surface area contributed by atoms with Gasteiger partial charge in [-0.1, -0.05) is 11.6 Å². The van der Waals surface area contributed by atoms with Crippen LogP contribution in [0.2, 0.25) is 5.02 Å². The van der Waals surface area contributed by atoms with Crippen molar-refractivity contribution in [1.29, 1.82) is 5.26 Å². The number of benzene rings is 1. The molecule has 2 aliphatic rings. The molecule has 3 heteroatoms. The first-order valence-electron chi connectivity index (χ1n) is 5.72. The molecule has 0 spiro atoms. The van der Waals surface area contributed by atoms with Crippen LogP contribution >= 0.6 is 11.6 Å². The van der Waals surface area contributed by atoms with Crippen LogP contribution in [0.1, 0.15) is 18.4 Å². The fraction of sp³-hybridized carbons (Fsp3) is 0.462. The Morgan fingerprint density at radius 3 is 2.44 bits per heavy atom. The average Bonchev–Trinajstić information content (AvgIpc) is 2.55. The molecule has 0 N–H and O–H groups in total. The molecular weight excluding hydrogens is 220 g/mol. The van der Waals surface area contributed by atoms with Gasteiger partial charge in [-0.2, -0.15) is 5.26 Å². The maximum Gasteiger partial charge on any atom is 0.101 e. The molecule has 1 aliphatic carbocycles. The first kappa shape index (κ1) is 9.99. The van der Waals surface area contributed by atoms with Crippen LogP contribution in [0.15, 0.2) is 18.2 Å². The molecule has 1 aliphatic heterocycles. The van der Waals surface area contributed by atoms with Gasteiger partial charge >= 0.3 is 0 Å². The van der Waals surface area contributed by atoms with E-state index in [9.17, 15) is 0 Å². The number of hydrogen-bond donors (Lipinski definition) is 0. The van der Waals surface area contributed by atoms with Crippen molar-refractivity contribution in [2.75, 3.05) is 18.0 Å². The first-order chi connectivity index (χ1) is 7.78. The molecule has 0 bridgehead atoms. The molecule has 0 radical (unpaired) electrons. The van der Waals surface area contributed by atoms with Crippen LogP contribution in [0.4, 0.5) is 5.69 Å². The second kappa shape index (κ2) is 3.68. The summed E-state index contributed by atoms with van der Waals surface area (Å²) in [6.07, 6.45) is 2.76. The Balaban J connectivity index is 1.85. The molecule has 1 aromatic rings. The number of nitriles is 1. The highest BCUT2D eigenvalue weighted by Gasteiger charge is 2.39. The van der Waals surface area contributed by atoms with E-state index in [1.54, 1.807) is 0 Å². The maximum absolute atomic E-state index is 8.82. The Labute approximate surface area is 100 Å². The van der Waals surface area contributed by atoms with Gasteiger partial charge in [-0.05, 0) is 42.9 Å². The van der Waals surface area contributed by atoms with E-state index in [1.165, 1.54) is 18.5 Å². The fourth-order valence-electron chi connectivity index (χ4n) is 2.76. The molecule has 2 atom stereocenters. The van der Waals surface area contributed by atoms with E-state index in [1.807, 2.05) is 18.2 Å². The lowest BCUT2D eigenvalue weighted by atomic mass is 9.77. The smallest absolute Gasteiger partial charge is 0.101 e. The van der Waals surface area contributed by atoms with Crippen molar-refractivity contribution in [3.63, 3.8) is 0 Å². The average molecular weight is 233 g/mol. The van der Waals surface area contributed by atoms with Gasteiger partial charge in [-0.3, -0.25) is 0 Å². The van der Waals surface area contributed by atoms with Gasteiger partial charge in [-0.15, -0.1) is 0 Å². The van der Waals surface area contributed by atoms with Crippen molar-refractivity contribution in [1.82, 2.24) is 0 Å². The van der Waals surface area contributed by atoms with Gasteiger partial charge in [0.15, 0.2) is 0 Å². The van der Waals surface area contributed by atoms with Gasteiger partial charge < -0.3 is 4.90 Å². The second-order valence-electron chi connectivity index (χ2n) is 4.78. The van der Waals surface area contributed by atoms with Gasteiger partial charge in [0.1, 0.15) is 6.07 Å². The van der Waals surface area contributed by atoms with E-state index in [0.29, 0.717) is 10.6 Å². The highest BCUT2D eigenvalue weighted by Crippen LogP contribution is 2.42. The quantitative estimate of drug-likeness (QED) is 0.744. The summed E-state index contributed by atoms with van der Waals surface area (Å²) in [5.41, 5.74) is 1.73. The van der Waals surface area contributed by atoms with E-state index < -0.39 is 0 Å². The summed E-state index contributed by atoms with van der Waals surface area (Å²) in [6, 6.07) is 7.84. The molecule has 0 unspecified atom stereocenters. The van der Waals surface area contributed by atoms with E-state index in [-0.39, 0.29) is 0 Å². The van der Waals surface area contributed by atoms with E-state index in [4.69, 9.17) is 16.9 Å². The molecule has 2 fully saturated rings. The third-order valence-corrected chi connectivity index (χ3v) is 4.24. The third kappa shape index (κ3) is 1.47. The largest absolute Gasteiger partial charge is 0.371 e. The van der Waals surface area contributed by atoms with Gasteiger partial charge in [0.25, 0.3) is 0 Å². The molecular formula is C13H13ClN2. The number of fused-ring (bicyclic) bond motifs is 1. The van der Waals surface area contributed by atoms with Gasteiger partial charge in [0.05, 0.1) is 10.6 Å². The molecule has 1 aromatic carbocycles. The number of halogens is 1. The molecule has 2 nitrogen and oxygen atoms in total. The van der Waals surface area contributed by atoms with E-state index in [2.05, 4.69) is 11.0 Å². The fourth-order valence-corrected chi connectivity index (χ4v) is 2.98. The highest BCUT2D eigenvalue weighted by molar-refractivity contribution is 6.32. The maximum atomic E-state index is 8.82. The van der Waals surface area contributed by atoms with Crippen LogP contribution in [-0.4, -0.2) is 13.1 Å². The number of anilines is 1. The highest BCUT2D eigenvalue weighted by atomic mass is 35.5. The molecule has 0 aromatic heterocycles. The zero-order valence-electron chi connectivity index (χ0n) is 8.99. The van der Waals surface area contributed by atoms with Crippen LogP contribution in [0.3, 0.4) is 0 Å². The predicted octanol–water partition coefficient (Wildman–Crippen LogP) is 3.06. The number of nitrogens with zero attached hydrogens (tertiary/aromatic N) is 2. The summed E-state index contributed by atoms with van der Waals surface area (Å²) in [4.78, 5) is 2.40. The van der Waals surface area contributed by atoms with Crippen molar-refractivity contribution >= 4 is 17.3 Å². The summed E-state index contributed by atoms with van der Waals surface area (Å²) in [5.74, 6) is 1.80. The van der Waals surface area contributed by atoms with E-state index in [0.717, 1.165) is 24.9 Å². The molecule has 0 amide bonds. The van der Waals surface area contributed by atoms with E-state index >= 15 is 0 Å². The lowest BCUT2D eigenvalue weighted by molar-refractivity contribution is 0.243. The Kier molecular flexibility index (Phi) is 2.29. The van der Waals surface area contributed by atoms with Crippen LogP contribution in [0.25, 0.3) is 0 Å². The minimum Gasteiger partial charge on any atom is -0.371 e. The van der Waals surface area contributed by atoms with Crippen LogP contribution in [-0.2, 0) is 0 Å². The van der Waals surface area contributed by atoms with Gasteiger partial charge in [0.2, 0.25) is 0 Å². The summed E-state index contributed by atoms with van der Waals surface area (Å²) < 4.78 is 0. The van der Waals surface area contributed by atoms with Crippen molar-refractivity contribution in [3.05, 3.63) is 28.8 Å². The Hall–Kier alpha value is -1.20. The molecule has 3 rings (SSSR count). The van der Waals surface area contributed by atoms with Crippen molar-refractivity contribution in [3.8, 4) is 6.07 Å². The standard InChI is InChI=1S/C13H13ClN2/c14-13-5-12(4-3-9(13)6-15)16-7-10-1-2-11(10)8-16/h3-5,10-11H,1-2,7-8H2/t10-,11+. The summed E-state index contributed by atoms with van der Waals surface area (Å²) in [6.45, 7) is 2.32. The Morgan fingerprint density at radius 1 is 1.25 bits per heavy atom. The zero-order valence-corrected chi connectivity index (χ0v) is 9.74. The topological polar surface area (TPSA) is 27.0 Å². The van der Waals surface area contributed by atoms with Crippen LogP contribution in [0.5, 0.6) is 0 Å². The molecule has 82 valence electrons. The molecule has 1 heterocycles.